The molecule has 1 aromatic heterocycles. The van der Waals surface area contributed by atoms with E-state index < -0.39 is 0 Å². The van der Waals surface area contributed by atoms with Gasteiger partial charge in [-0.3, -0.25) is 0 Å². The van der Waals surface area contributed by atoms with E-state index in [4.69, 9.17) is 13.9 Å². The number of benzene rings is 1. The van der Waals surface area contributed by atoms with Gasteiger partial charge in [-0.1, -0.05) is 6.58 Å². The second-order valence-electron chi connectivity index (χ2n) is 4.72. The zero-order valence-electron chi connectivity index (χ0n) is 10.9. The summed E-state index contributed by atoms with van der Waals surface area (Å²) in [5.41, 5.74) is 2.02. The van der Waals surface area contributed by atoms with Crippen molar-refractivity contribution in [2.45, 2.75) is 19.4 Å². The monoisotopic (exact) mass is 258 g/mol. The summed E-state index contributed by atoms with van der Waals surface area (Å²) < 4.78 is 16.5. The van der Waals surface area contributed by atoms with Crippen LogP contribution in [0.15, 0.2) is 39.6 Å². The van der Waals surface area contributed by atoms with Crippen molar-refractivity contribution in [1.29, 1.82) is 0 Å². The molecular weight excluding hydrogens is 244 g/mol. The van der Waals surface area contributed by atoms with E-state index in [0.29, 0.717) is 23.5 Å². The van der Waals surface area contributed by atoms with Crippen molar-refractivity contribution in [2.24, 2.45) is 0 Å². The second-order valence-corrected chi connectivity index (χ2v) is 4.72. The van der Waals surface area contributed by atoms with Crippen LogP contribution in [-0.4, -0.2) is 13.2 Å². The minimum atomic E-state index is -0.362. The molecule has 98 valence electrons. The predicted molar refractivity (Wildman–Crippen MR) is 72.0 cm³/mol. The standard InChI is InChI=1S/C15H14O4/c1-8(2)11-7-10-14-9(4-5-13(16)19-14)6-12(17-3)15(10)18-11/h4-6,11H,1,7H2,2-3H3. The van der Waals surface area contributed by atoms with Gasteiger partial charge >= 0.3 is 5.63 Å². The molecule has 1 unspecified atom stereocenters. The molecule has 4 heteroatoms. The molecule has 0 aliphatic carbocycles. The Morgan fingerprint density at radius 3 is 2.95 bits per heavy atom. The summed E-state index contributed by atoms with van der Waals surface area (Å²) >= 11 is 0. The fraction of sp³-hybridized carbons (Fsp3) is 0.267. The highest BCUT2D eigenvalue weighted by Crippen LogP contribution is 2.43. The summed E-state index contributed by atoms with van der Waals surface area (Å²) in [7, 11) is 1.60. The van der Waals surface area contributed by atoms with Crippen LogP contribution in [0.1, 0.15) is 12.5 Å². The van der Waals surface area contributed by atoms with Gasteiger partial charge in [-0.15, -0.1) is 0 Å². The van der Waals surface area contributed by atoms with Gasteiger partial charge in [-0.2, -0.15) is 0 Å². The lowest BCUT2D eigenvalue weighted by Crippen LogP contribution is -2.13. The number of hydrogen-bond donors (Lipinski definition) is 0. The third kappa shape index (κ3) is 1.80. The zero-order valence-corrected chi connectivity index (χ0v) is 10.9. The van der Waals surface area contributed by atoms with E-state index in [1.165, 1.54) is 6.07 Å². The summed E-state index contributed by atoms with van der Waals surface area (Å²) in [5, 5.41) is 0.834. The Morgan fingerprint density at radius 1 is 1.47 bits per heavy atom. The van der Waals surface area contributed by atoms with Crippen LogP contribution in [0.2, 0.25) is 0 Å². The van der Waals surface area contributed by atoms with Gasteiger partial charge in [-0.05, 0) is 24.6 Å². The molecule has 4 nitrogen and oxygen atoms in total. The Hall–Kier alpha value is -2.23. The maximum Gasteiger partial charge on any atom is 0.336 e. The van der Waals surface area contributed by atoms with E-state index in [-0.39, 0.29) is 11.7 Å². The summed E-state index contributed by atoms with van der Waals surface area (Å²) in [4.78, 5) is 11.4. The maximum absolute atomic E-state index is 11.4. The van der Waals surface area contributed by atoms with E-state index in [0.717, 1.165) is 16.5 Å². The van der Waals surface area contributed by atoms with Gasteiger partial charge in [0.2, 0.25) is 0 Å². The van der Waals surface area contributed by atoms with Crippen LogP contribution >= 0.6 is 0 Å². The highest BCUT2D eigenvalue weighted by Gasteiger charge is 2.30. The van der Waals surface area contributed by atoms with Crippen LogP contribution < -0.4 is 15.1 Å². The molecular formula is C15H14O4. The van der Waals surface area contributed by atoms with E-state index in [1.807, 2.05) is 13.0 Å². The number of ether oxygens (including phenoxy) is 2. The van der Waals surface area contributed by atoms with Gasteiger partial charge < -0.3 is 13.9 Å². The molecule has 3 rings (SSSR count). The Bertz CT molecular complexity index is 727. The Labute approximate surface area is 110 Å². The highest BCUT2D eigenvalue weighted by atomic mass is 16.5. The number of fused-ring (bicyclic) bond motifs is 3. The van der Waals surface area contributed by atoms with Gasteiger partial charge in [0.1, 0.15) is 11.7 Å². The molecule has 0 saturated heterocycles. The van der Waals surface area contributed by atoms with Gasteiger partial charge in [0, 0.05) is 23.4 Å². The summed E-state index contributed by atoms with van der Waals surface area (Å²) in [6.45, 7) is 5.83. The summed E-state index contributed by atoms with van der Waals surface area (Å²) in [6, 6.07) is 4.95. The third-order valence-corrected chi connectivity index (χ3v) is 3.34. The van der Waals surface area contributed by atoms with Crippen molar-refractivity contribution in [3.8, 4) is 11.5 Å². The van der Waals surface area contributed by atoms with Crippen LogP contribution in [0.5, 0.6) is 11.5 Å². The Kier molecular flexibility index (Phi) is 2.59. The largest absolute Gasteiger partial charge is 0.493 e. The van der Waals surface area contributed by atoms with Crippen LogP contribution in [0.4, 0.5) is 0 Å². The van der Waals surface area contributed by atoms with Crippen molar-refractivity contribution in [3.63, 3.8) is 0 Å². The van der Waals surface area contributed by atoms with Crippen LogP contribution in [0.25, 0.3) is 11.0 Å². The number of methoxy groups -OCH3 is 1. The fourth-order valence-corrected chi connectivity index (χ4v) is 2.35. The SMILES string of the molecule is C=C(C)C1Cc2c(c(OC)cc3ccc(=O)oc23)O1. The average molecular weight is 258 g/mol. The van der Waals surface area contributed by atoms with E-state index in [1.54, 1.807) is 13.2 Å². The first-order chi connectivity index (χ1) is 9.10. The van der Waals surface area contributed by atoms with Crippen LogP contribution in [0.3, 0.4) is 0 Å². The average Bonchev–Trinajstić information content (AvgIpc) is 2.83. The molecule has 1 aromatic carbocycles. The van der Waals surface area contributed by atoms with Crippen molar-refractivity contribution >= 4 is 11.0 Å². The number of rotatable bonds is 2. The first-order valence-electron chi connectivity index (χ1n) is 6.06. The smallest absolute Gasteiger partial charge is 0.336 e. The van der Waals surface area contributed by atoms with Gasteiger partial charge in [0.05, 0.1) is 7.11 Å². The van der Waals surface area contributed by atoms with Crippen LogP contribution in [-0.2, 0) is 6.42 Å². The maximum atomic E-state index is 11.4. The Balaban J connectivity index is 2.28. The van der Waals surface area contributed by atoms with Crippen molar-refractivity contribution in [1.82, 2.24) is 0 Å². The van der Waals surface area contributed by atoms with Crippen molar-refractivity contribution < 1.29 is 13.9 Å². The zero-order chi connectivity index (χ0) is 13.6. The van der Waals surface area contributed by atoms with Crippen LogP contribution in [0, 0.1) is 0 Å². The lowest BCUT2D eigenvalue weighted by atomic mass is 10.0. The molecule has 1 aliphatic heterocycles. The molecule has 0 radical (unpaired) electrons. The fourth-order valence-electron chi connectivity index (χ4n) is 2.35. The topological polar surface area (TPSA) is 48.7 Å². The summed E-state index contributed by atoms with van der Waals surface area (Å²) in [6.07, 6.45) is 0.547. The van der Waals surface area contributed by atoms with E-state index in [9.17, 15) is 4.79 Å². The minimum Gasteiger partial charge on any atom is -0.493 e. The molecule has 19 heavy (non-hydrogen) atoms. The first-order valence-corrected chi connectivity index (χ1v) is 6.06. The lowest BCUT2D eigenvalue weighted by molar-refractivity contribution is 0.258. The third-order valence-electron chi connectivity index (χ3n) is 3.34. The summed E-state index contributed by atoms with van der Waals surface area (Å²) in [5.74, 6) is 1.30. The second kappa shape index (κ2) is 4.16. The van der Waals surface area contributed by atoms with Gasteiger partial charge in [-0.25, -0.2) is 4.79 Å². The molecule has 2 heterocycles. The Morgan fingerprint density at radius 2 is 2.26 bits per heavy atom. The van der Waals surface area contributed by atoms with Crippen molar-refractivity contribution in [3.05, 3.63) is 46.3 Å². The molecule has 1 atom stereocenters. The first kappa shape index (κ1) is 11.8. The molecule has 1 aliphatic rings. The normalized spacial score (nSPS) is 17.1. The molecule has 0 bridgehead atoms. The highest BCUT2D eigenvalue weighted by molar-refractivity contribution is 5.85. The quantitative estimate of drug-likeness (QED) is 0.614. The molecule has 0 fully saturated rings. The van der Waals surface area contributed by atoms with E-state index >= 15 is 0 Å². The number of hydrogen-bond acceptors (Lipinski definition) is 4. The lowest BCUT2D eigenvalue weighted by Gasteiger charge is -2.11. The molecule has 0 amide bonds. The molecule has 0 saturated carbocycles. The van der Waals surface area contributed by atoms with Crippen molar-refractivity contribution in [2.75, 3.05) is 7.11 Å². The molecule has 0 N–H and O–H groups in total. The molecule has 2 aromatic rings. The van der Waals surface area contributed by atoms with Gasteiger partial charge in [0.25, 0.3) is 0 Å². The minimum absolute atomic E-state index is 0.0972. The van der Waals surface area contributed by atoms with E-state index in [2.05, 4.69) is 6.58 Å². The molecule has 0 spiro atoms. The predicted octanol–water partition coefficient (Wildman–Crippen LogP) is 2.68. The van der Waals surface area contributed by atoms with Gasteiger partial charge in [0.15, 0.2) is 11.5 Å².